The Kier molecular flexibility index (Phi) is 5.51. The molecule has 0 saturated heterocycles. The van der Waals surface area contributed by atoms with Crippen molar-refractivity contribution in [3.8, 4) is 5.69 Å². The van der Waals surface area contributed by atoms with Crippen molar-refractivity contribution in [1.82, 2.24) is 14.9 Å². The normalized spacial score (nSPS) is 11.6. The second-order valence-electron chi connectivity index (χ2n) is 8.22. The van der Waals surface area contributed by atoms with Gasteiger partial charge in [-0.2, -0.15) is 0 Å². The molecule has 6 nitrogen and oxygen atoms in total. The summed E-state index contributed by atoms with van der Waals surface area (Å²) >= 11 is 0. The number of rotatable bonds is 3. The van der Waals surface area contributed by atoms with Gasteiger partial charge in [0.2, 0.25) is 5.43 Å². The molecule has 0 aliphatic rings. The van der Waals surface area contributed by atoms with Gasteiger partial charge in [-0.25, -0.2) is 22.5 Å². The molecule has 0 aliphatic heterocycles. The Hall–Kier alpha value is -3.43. The zero-order valence-corrected chi connectivity index (χ0v) is 17.5. The van der Waals surface area contributed by atoms with Gasteiger partial charge in [0, 0.05) is 38.0 Å². The summed E-state index contributed by atoms with van der Waals surface area (Å²) in [6, 6.07) is 1.75. The summed E-state index contributed by atoms with van der Waals surface area (Å²) in [5.41, 5.74) is -3.14. The Morgan fingerprint density at radius 2 is 1.61 bits per heavy atom. The van der Waals surface area contributed by atoms with Crippen molar-refractivity contribution in [2.75, 3.05) is 19.0 Å². The van der Waals surface area contributed by atoms with Crippen LogP contribution in [0.25, 0.3) is 16.7 Å². The highest BCUT2D eigenvalue weighted by Gasteiger charge is 2.25. The predicted octanol–water partition coefficient (Wildman–Crippen LogP) is 3.54. The number of amides is 1. The van der Waals surface area contributed by atoms with Crippen LogP contribution in [-0.4, -0.2) is 35.1 Å². The Morgan fingerprint density at radius 3 is 2.13 bits per heavy atom. The molecule has 0 bridgehead atoms. The monoisotopic (exact) mass is 436 g/mol. The number of aromatic nitrogens is 2. The van der Waals surface area contributed by atoms with Gasteiger partial charge < -0.3 is 10.2 Å². The molecule has 0 spiro atoms. The minimum atomic E-state index is -1.29. The number of fused-ring (bicyclic) bond motifs is 1. The van der Waals surface area contributed by atoms with Crippen LogP contribution in [0.5, 0.6) is 0 Å². The third-order valence-corrected chi connectivity index (χ3v) is 4.29. The molecule has 0 atom stereocenters. The average Bonchev–Trinajstić information content (AvgIpc) is 2.60. The van der Waals surface area contributed by atoms with Gasteiger partial charge in [0.25, 0.3) is 5.91 Å². The summed E-state index contributed by atoms with van der Waals surface area (Å²) in [6.45, 7) is 5.02. The number of carbonyl (C=O) groups excluding carboxylic acids is 1. The first-order valence-electron chi connectivity index (χ1n) is 9.21. The highest BCUT2D eigenvalue weighted by molar-refractivity contribution is 5.97. The number of hydrogen-bond acceptors (Lipinski definition) is 4. The lowest BCUT2D eigenvalue weighted by Crippen LogP contribution is -2.42. The zero-order valence-electron chi connectivity index (χ0n) is 17.5. The van der Waals surface area contributed by atoms with E-state index in [4.69, 9.17) is 0 Å². The maximum Gasteiger partial charge on any atom is 0.257 e. The Balaban J connectivity index is 2.46. The molecule has 0 unspecified atom stereocenters. The molecule has 31 heavy (non-hydrogen) atoms. The predicted molar refractivity (Wildman–Crippen MR) is 109 cm³/mol. The van der Waals surface area contributed by atoms with Crippen LogP contribution in [0.3, 0.4) is 0 Å². The molecule has 1 N–H and O–H groups in total. The van der Waals surface area contributed by atoms with Gasteiger partial charge in [0.1, 0.15) is 17.1 Å². The molecule has 1 aromatic carbocycles. The summed E-state index contributed by atoms with van der Waals surface area (Å²) in [6.07, 6.45) is 0.912. The van der Waals surface area contributed by atoms with Crippen molar-refractivity contribution in [2.24, 2.45) is 0 Å². The van der Waals surface area contributed by atoms with Crippen LogP contribution in [0, 0.1) is 23.3 Å². The summed E-state index contributed by atoms with van der Waals surface area (Å²) < 4.78 is 58.0. The zero-order chi connectivity index (χ0) is 23.2. The molecule has 0 aliphatic carbocycles. The van der Waals surface area contributed by atoms with Gasteiger partial charge in [0.05, 0.1) is 5.39 Å². The second kappa shape index (κ2) is 7.68. The van der Waals surface area contributed by atoms with Gasteiger partial charge in [-0.3, -0.25) is 14.2 Å². The van der Waals surface area contributed by atoms with Crippen molar-refractivity contribution in [3.05, 3.63) is 63.5 Å². The Morgan fingerprint density at radius 1 is 1.03 bits per heavy atom. The Bertz CT molecular complexity index is 1240. The first kappa shape index (κ1) is 22.3. The van der Waals surface area contributed by atoms with Crippen LogP contribution >= 0.6 is 0 Å². The van der Waals surface area contributed by atoms with E-state index in [9.17, 15) is 27.2 Å². The minimum Gasteiger partial charge on any atom is -0.360 e. The van der Waals surface area contributed by atoms with E-state index < -0.39 is 51.4 Å². The van der Waals surface area contributed by atoms with E-state index in [2.05, 4.69) is 10.3 Å². The highest BCUT2D eigenvalue weighted by atomic mass is 19.1. The molecular weight excluding hydrogens is 416 g/mol. The number of anilines is 1. The van der Waals surface area contributed by atoms with Gasteiger partial charge in [0.15, 0.2) is 28.9 Å². The minimum absolute atomic E-state index is 0.199. The lowest BCUT2D eigenvalue weighted by molar-refractivity contribution is 0.0918. The lowest BCUT2D eigenvalue weighted by atomic mass is 10.1. The molecule has 2 heterocycles. The van der Waals surface area contributed by atoms with Gasteiger partial charge in [-0.05, 0) is 26.8 Å². The van der Waals surface area contributed by atoms with Crippen LogP contribution in [-0.2, 0) is 0 Å². The molecule has 10 heteroatoms. The third kappa shape index (κ3) is 4.23. The number of hydrogen-bond donors (Lipinski definition) is 1. The maximum absolute atomic E-state index is 14.6. The topological polar surface area (TPSA) is 67.2 Å². The van der Waals surface area contributed by atoms with Gasteiger partial charge in [-0.15, -0.1) is 0 Å². The largest absolute Gasteiger partial charge is 0.360 e. The van der Waals surface area contributed by atoms with Crippen LogP contribution in [0.4, 0.5) is 23.4 Å². The molecule has 3 aromatic rings. The first-order valence-corrected chi connectivity index (χ1v) is 9.21. The fraction of sp³-hybridized carbons (Fsp3) is 0.286. The number of nitrogens with zero attached hydrogens (tertiary/aromatic N) is 3. The third-order valence-electron chi connectivity index (χ3n) is 4.29. The van der Waals surface area contributed by atoms with Crippen LogP contribution in [0.1, 0.15) is 31.1 Å². The van der Waals surface area contributed by atoms with E-state index >= 15 is 0 Å². The highest BCUT2D eigenvalue weighted by Crippen LogP contribution is 2.26. The summed E-state index contributed by atoms with van der Waals surface area (Å²) in [4.78, 5) is 31.0. The van der Waals surface area contributed by atoms with Crippen LogP contribution in [0.2, 0.25) is 0 Å². The quantitative estimate of drug-likeness (QED) is 0.638. The van der Waals surface area contributed by atoms with E-state index in [1.54, 1.807) is 20.8 Å². The summed E-state index contributed by atoms with van der Waals surface area (Å²) in [5, 5.41) is 2.21. The van der Waals surface area contributed by atoms with Crippen molar-refractivity contribution in [2.45, 2.75) is 26.3 Å². The molecule has 0 radical (unpaired) electrons. The molecule has 0 fully saturated rings. The van der Waals surface area contributed by atoms with Crippen molar-refractivity contribution in [1.29, 1.82) is 0 Å². The molecule has 1 amide bonds. The van der Waals surface area contributed by atoms with E-state index in [1.165, 1.54) is 19.0 Å². The lowest BCUT2D eigenvalue weighted by Gasteiger charge is -2.21. The molecular formula is C21H20F4N4O2. The number of nitrogens with one attached hydrogen (secondary N) is 1. The van der Waals surface area contributed by atoms with Crippen molar-refractivity contribution < 1.29 is 22.4 Å². The van der Waals surface area contributed by atoms with Crippen molar-refractivity contribution >= 4 is 22.8 Å². The summed E-state index contributed by atoms with van der Waals surface area (Å²) in [7, 11) is 2.98. The van der Waals surface area contributed by atoms with E-state index in [0.717, 1.165) is 16.8 Å². The Labute approximate surface area is 175 Å². The fourth-order valence-corrected chi connectivity index (χ4v) is 3.03. The van der Waals surface area contributed by atoms with E-state index in [0.29, 0.717) is 12.1 Å². The SMILES string of the molecule is CN(C)c1nc2c(cc1F)c(=O)c(C(=O)NC(C)(C)C)cn2-c1c(F)cc(F)cc1F. The van der Waals surface area contributed by atoms with Crippen LogP contribution < -0.4 is 15.6 Å². The fourth-order valence-electron chi connectivity index (χ4n) is 3.03. The van der Waals surface area contributed by atoms with Crippen LogP contribution in [0.15, 0.2) is 29.2 Å². The molecule has 2 aromatic heterocycles. The number of pyridine rings is 2. The average molecular weight is 436 g/mol. The van der Waals surface area contributed by atoms with E-state index in [-0.39, 0.29) is 16.9 Å². The second-order valence-corrected chi connectivity index (χ2v) is 8.22. The van der Waals surface area contributed by atoms with Gasteiger partial charge in [-0.1, -0.05) is 0 Å². The van der Waals surface area contributed by atoms with Crippen molar-refractivity contribution in [3.63, 3.8) is 0 Å². The first-order chi connectivity index (χ1) is 14.3. The van der Waals surface area contributed by atoms with Gasteiger partial charge >= 0.3 is 0 Å². The summed E-state index contributed by atoms with van der Waals surface area (Å²) in [5.74, 6) is -5.62. The molecule has 164 valence electrons. The standard InChI is InChI=1S/C21H20F4N4O2/c1-21(2,3)27-20(31)12-9-29(16-13(23)6-10(22)7-14(16)24)18-11(17(12)30)8-15(25)19(26-18)28(4)5/h6-9H,1-5H3,(H,27,31). The number of carbonyl (C=O) groups is 1. The molecule has 3 rings (SSSR count). The number of benzene rings is 1. The van der Waals surface area contributed by atoms with E-state index in [1.807, 2.05) is 0 Å². The maximum atomic E-state index is 14.6. The number of halogens is 4. The smallest absolute Gasteiger partial charge is 0.257 e. The molecule has 0 saturated carbocycles.